The number of anilines is 3. The Labute approximate surface area is 168 Å². The van der Waals surface area contributed by atoms with Crippen LogP contribution in [-0.2, 0) is 6.42 Å². The van der Waals surface area contributed by atoms with Gasteiger partial charge in [0, 0.05) is 42.3 Å². The molecular weight excluding hydrogens is 369 g/mol. The molecule has 0 saturated carbocycles. The quantitative estimate of drug-likeness (QED) is 0.596. The fraction of sp³-hybridized carbons (Fsp3) is 0.333. The predicted octanol–water partition coefficient (Wildman–Crippen LogP) is 2.65. The van der Waals surface area contributed by atoms with E-state index in [0.717, 1.165) is 29.6 Å². The molecule has 0 unspecified atom stereocenters. The van der Waals surface area contributed by atoms with Crippen molar-refractivity contribution in [1.29, 1.82) is 0 Å². The van der Waals surface area contributed by atoms with Crippen molar-refractivity contribution in [1.82, 2.24) is 24.9 Å². The molecule has 3 N–H and O–H groups in total. The first-order valence-electron chi connectivity index (χ1n) is 9.71. The number of hydrogen-bond donors (Lipinski definition) is 3. The third-order valence-corrected chi connectivity index (χ3v) is 5.06. The predicted molar refractivity (Wildman–Crippen MR) is 112 cm³/mol. The minimum Gasteiger partial charge on any atom is -0.370 e. The number of nitrogens with one attached hydrogen (secondary N) is 3. The van der Waals surface area contributed by atoms with Crippen molar-refractivity contribution in [3.05, 3.63) is 52.2 Å². The third kappa shape index (κ3) is 4.11. The van der Waals surface area contributed by atoms with E-state index >= 15 is 0 Å². The highest BCUT2D eigenvalue weighted by Gasteiger charge is 2.15. The maximum absolute atomic E-state index is 14.2. The molecule has 0 bridgehead atoms. The minimum absolute atomic E-state index is 0.0434. The Morgan fingerprint density at radius 3 is 2.62 bits per heavy atom. The second-order valence-electron chi connectivity index (χ2n) is 7.22. The lowest BCUT2D eigenvalue weighted by molar-refractivity contribution is 0.687. The van der Waals surface area contributed by atoms with Gasteiger partial charge in [-0.1, -0.05) is 5.57 Å². The lowest BCUT2D eigenvalue weighted by atomic mass is 10.00. The SMILES string of the molecule is CC1=c2c(CCNc3cc(Nc4ncccn4)nc(C)n3)c(C)[nH]c2=C(F)CC1. The second-order valence-corrected chi connectivity index (χ2v) is 7.22. The van der Waals surface area contributed by atoms with E-state index in [4.69, 9.17) is 0 Å². The molecule has 0 fully saturated rings. The molecule has 29 heavy (non-hydrogen) atoms. The fourth-order valence-corrected chi connectivity index (χ4v) is 3.71. The molecule has 3 aromatic heterocycles. The zero-order valence-electron chi connectivity index (χ0n) is 16.8. The molecule has 0 atom stereocenters. The Balaban J connectivity index is 1.50. The minimum atomic E-state index is -0.0434. The molecule has 4 rings (SSSR count). The van der Waals surface area contributed by atoms with Crippen LogP contribution in [0.2, 0.25) is 0 Å². The number of aromatic nitrogens is 5. The molecule has 1 aliphatic rings. The monoisotopic (exact) mass is 393 g/mol. The van der Waals surface area contributed by atoms with E-state index in [1.54, 1.807) is 18.5 Å². The Morgan fingerprint density at radius 1 is 1.07 bits per heavy atom. The molecule has 8 heteroatoms. The van der Waals surface area contributed by atoms with Crippen LogP contribution in [0, 0.1) is 13.8 Å². The number of fused-ring (bicyclic) bond motifs is 1. The van der Waals surface area contributed by atoms with E-state index in [2.05, 4.69) is 42.5 Å². The Hall–Kier alpha value is -3.29. The van der Waals surface area contributed by atoms with E-state index in [0.29, 0.717) is 35.9 Å². The highest BCUT2D eigenvalue weighted by atomic mass is 19.1. The third-order valence-electron chi connectivity index (χ3n) is 5.06. The zero-order chi connectivity index (χ0) is 20.4. The van der Waals surface area contributed by atoms with Gasteiger partial charge in [0.05, 0.1) is 5.35 Å². The van der Waals surface area contributed by atoms with E-state index < -0.39 is 0 Å². The van der Waals surface area contributed by atoms with Gasteiger partial charge in [-0.3, -0.25) is 0 Å². The molecule has 0 saturated heterocycles. The summed E-state index contributed by atoms with van der Waals surface area (Å²) in [4.78, 5) is 20.4. The van der Waals surface area contributed by atoms with Crippen LogP contribution >= 0.6 is 0 Å². The first-order valence-corrected chi connectivity index (χ1v) is 9.71. The van der Waals surface area contributed by atoms with Gasteiger partial charge >= 0.3 is 0 Å². The van der Waals surface area contributed by atoms with Crippen LogP contribution in [0.15, 0.2) is 24.5 Å². The van der Waals surface area contributed by atoms with E-state index in [1.165, 1.54) is 11.1 Å². The normalized spacial score (nSPS) is 13.4. The van der Waals surface area contributed by atoms with Crippen molar-refractivity contribution in [2.45, 2.75) is 40.0 Å². The highest BCUT2D eigenvalue weighted by Crippen LogP contribution is 2.17. The molecule has 0 spiro atoms. The fourth-order valence-electron chi connectivity index (χ4n) is 3.71. The lowest BCUT2D eigenvalue weighted by Crippen LogP contribution is -2.32. The van der Waals surface area contributed by atoms with Gasteiger partial charge in [-0.05, 0) is 45.2 Å². The molecule has 0 amide bonds. The number of rotatable bonds is 6. The maximum atomic E-state index is 14.2. The number of halogens is 1. The standard InChI is InChI=1S/C21H24FN7/c1-12-5-6-16(22)20-19(12)15(13(2)26-20)7-10-23-17-11-18(28-14(3)27-17)29-21-24-8-4-9-25-21/h4,8-9,11,26H,5-7,10H2,1-3H3,(H2,23,24,25,27,28,29). The van der Waals surface area contributed by atoms with Crippen LogP contribution in [0.5, 0.6) is 0 Å². The Bertz CT molecular complexity index is 1150. The molecule has 3 aromatic rings. The van der Waals surface area contributed by atoms with Gasteiger partial charge in [0.1, 0.15) is 23.3 Å². The van der Waals surface area contributed by atoms with Crippen LogP contribution in [0.1, 0.15) is 36.8 Å². The van der Waals surface area contributed by atoms with Crippen LogP contribution in [0.25, 0.3) is 11.4 Å². The molecule has 1 aliphatic carbocycles. The average Bonchev–Trinajstić information content (AvgIpc) is 3.03. The van der Waals surface area contributed by atoms with E-state index in [-0.39, 0.29) is 5.83 Å². The topological polar surface area (TPSA) is 91.4 Å². The van der Waals surface area contributed by atoms with E-state index in [1.807, 2.05) is 19.9 Å². The summed E-state index contributed by atoms with van der Waals surface area (Å²) in [7, 11) is 0. The summed E-state index contributed by atoms with van der Waals surface area (Å²) in [5, 5.41) is 8.15. The van der Waals surface area contributed by atoms with Gasteiger partial charge in [-0.15, -0.1) is 0 Å². The first-order chi connectivity index (χ1) is 14.0. The zero-order valence-corrected chi connectivity index (χ0v) is 16.8. The van der Waals surface area contributed by atoms with Crippen molar-refractivity contribution >= 4 is 29.0 Å². The van der Waals surface area contributed by atoms with Gasteiger partial charge in [0.2, 0.25) is 5.95 Å². The maximum Gasteiger partial charge on any atom is 0.228 e. The van der Waals surface area contributed by atoms with Crippen molar-refractivity contribution in [2.24, 2.45) is 0 Å². The number of aromatic amines is 1. The van der Waals surface area contributed by atoms with Crippen molar-refractivity contribution < 1.29 is 4.39 Å². The summed E-state index contributed by atoms with van der Waals surface area (Å²) in [6, 6.07) is 3.58. The Morgan fingerprint density at radius 2 is 1.83 bits per heavy atom. The molecule has 3 heterocycles. The van der Waals surface area contributed by atoms with Crippen LogP contribution in [0.4, 0.5) is 22.0 Å². The molecule has 150 valence electrons. The van der Waals surface area contributed by atoms with Gasteiger partial charge in [-0.25, -0.2) is 24.3 Å². The highest BCUT2D eigenvalue weighted by molar-refractivity contribution is 5.56. The van der Waals surface area contributed by atoms with Crippen LogP contribution in [0.3, 0.4) is 0 Å². The Kier molecular flexibility index (Phi) is 5.24. The van der Waals surface area contributed by atoms with Crippen molar-refractivity contribution in [3.8, 4) is 0 Å². The molecule has 0 aliphatic heterocycles. The number of nitrogens with zero attached hydrogens (tertiary/aromatic N) is 4. The average molecular weight is 393 g/mol. The summed E-state index contributed by atoms with van der Waals surface area (Å²) in [6.07, 6.45) is 5.37. The largest absolute Gasteiger partial charge is 0.370 e. The lowest BCUT2D eigenvalue weighted by Gasteiger charge is -2.10. The first kappa shape index (κ1) is 19.0. The number of H-pyrrole nitrogens is 1. The van der Waals surface area contributed by atoms with Crippen LogP contribution < -0.4 is 21.2 Å². The summed E-state index contributed by atoms with van der Waals surface area (Å²) >= 11 is 0. The summed E-state index contributed by atoms with van der Waals surface area (Å²) in [6.45, 7) is 6.61. The second kappa shape index (κ2) is 7.98. The van der Waals surface area contributed by atoms with Crippen molar-refractivity contribution in [2.75, 3.05) is 17.2 Å². The molecule has 7 nitrogen and oxygen atoms in total. The summed E-state index contributed by atoms with van der Waals surface area (Å²) < 4.78 is 14.2. The number of aryl methyl sites for hydroxylation is 2. The van der Waals surface area contributed by atoms with Crippen LogP contribution in [-0.4, -0.2) is 31.5 Å². The van der Waals surface area contributed by atoms with Gasteiger partial charge in [0.15, 0.2) is 0 Å². The summed E-state index contributed by atoms with van der Waals surface area (Å²) in [5.74, 6) is 2.43. The summed E-state index contributed by atoms with van der Waals surface area (Å²) in [5.41, 5.74) is 3.44. The van der Waals surface area contributed by atoms with Gasteiger partial charge in [0.25, 0.3) is 0 Å². The van der Waals surface area contributed by atoms with Crippen molar-refractivity contribution in [3.63, 3.8) is 0 Å². The van der Waals surface area contributed by atoms with E-state index in [9.17, 15) is 4.39 Å². The van der Waals surface area contributed by atoms with Gasteiger partial charge < -0.3 is 15.6 Å². The molecule has 0 aromatic carbocycles. The molecular formula is C21H24FN7. The smallest absolute Gasteiger partial charge is 0.228 e. The molecule has 0 radical (unpaired) electrons. The van der Waals surface area contributed by atoms with Gasteiger partial charge in [-0.2, -0.15) is 0 Å². The number of hydrogen-bond acceptors (Lipinski definition) is 6.